The van der Waals surface area contributed by atoms with E-state index < -0.39 is 59.0 Å². The van der Waals surface area contributed by atoms with Crippen molar-refractivity contribution < 1.29 is 34.5 Å². The fourth-order valence-electron chi connectivity index (χ4n) is 7.87. The molecule has 0 radical (unpaired) electrons. The van der Waals surface area contributed by atoms with E-state index in [0.717, 1.165) is 64.2 Å². The summed E-state index contributed by atoms with van der Waals surface area (Å²) in [7, 11) is 0. The highest BCUT2D eigenvalue weighted by Gasteiger charge is 2.52. The van der Waals surface area contributed by atoms with Crippen LogP contribution < -0.4 is 21.3 Å². The minimum absolute atomic E-state index is 0. The Hall–Kier alpha value is -3.90. The number of hydrogen-bond acceptors (Lipinski definition) is 8. The zero-order chi connectivity index (χ0) is 40.0. The molecule has 0 bridgehead atoms. The van der Waals surface area contributed by atoms with Crippen LogP contribution in [0.1, 0.15) is 155 Å². The lowest BCUT2D eigenvalue weighted by atomic mass is 9.82. The van der Waals surface area contributed by atoms with E-state index in [9.17, 15) is 28.8 Å². The minimum atomic E-state index is -0.994. The lowest BCUT2D eigenvalue weighted by Crippen LogP contribution is -2.62. The van der Waals surface area contributed by atoms with E-state index >= 15 is 0 Å². The Morgan fingerprint density at radius 1 is 0.870 bits per heavy atom. The van der Waals surface area contributed by atoms with Gasteiger partial charge in [-0.15, -0.1) is 0 Å². The van der Waals surface area contributed by atoms with E-state index in [0.29, 0.717) is 19.4 Å². The number of carbonyl (C=O) groups excluding carboxylic acids is 6. The molecular formula is C41H75N7O6. The topological polar surface area (TPSA) is 180 Å². The molecule has 1 aromatic rings. The van der Waals surface area contributed by atoms with Crippen molar-refractivity contribution in [3.05, 3.63) is 24.3 Å². The molecule has 13 heteroatoms. The number of carbonyl (C=O) groups is 6. The van der Waals surface area contributed by atoms with Crippen LogP contribution in [0.5, 0.6) is 0 Å². The summed E-state index contributed by atoms with van der Waals surface area (Å²) in [6.45, 7) is 16.1. The second-order valence-electron chi connectivity index (χ2n) is 16.2. The molecule has 4 N–H and O–H groups in total. The average Bonchev–Trinajstić information content (AvgIpc) is 3.73. The van der Waals surface area contributed by atoms with Gasteiger partial charge in [-0.25, -0.2) is 4.98 Å². The van der Waals surface area contributed by atoms with Crippen LogP contribution in [0.3, 0.4) is 0 Å². The molecule has 1 aromatic heterocycles. The van der Waals surface area contributed by atoms with E-state index in [4.69, 9.17) is 0 Å². The number of Topliss-reactive ketones (excluding diaryl/α,β-unsaturated/α-hetero) is 1. The monoisotopic (exact) mass is 762 g/mol. The van der Waals surface area contributed by atoms with Crippen molar-refractivity contribution in [2.45, 2.75) is 169 Å². The lowest BCUT2D eigenvalue weighted by Gasteiger charge is -2.38. The number of ketones is 1. The van der Waals surface area contributed by atoms with Gasteiger partial charge in [0.15, 0.2) is 0 Å². The molecule has 0 aromatic carbocycles. The number of fused-ring (bicyclic) bond motifs is 1. The normalized spacial score (nSPS) is 22.4. The van der Waals surface area contributed by atoms with Crippen molar-refractivity contribution in [2.75, 3.05) is 6.54 Å². The number of rotatable bonds is 13. The maximum atomic E-state index is 14.6. The van der Waals surface area contributed by atoms with Gasteiger partial charge in [0.1, 0.15) is 23.8 Å². The van der Waals surface area contributed by atoms with Crippen LogP contribution in [0.15, 0.2) is 18.6 Å². The molecule has 6 atom stereocenters. The third-order valence-corrected chi connectivity index (χ3v) is 10.7. The quantitative estimate of drug-likeness (QED) is 0.180. The van der Waals surface area contributed by atoms with Crippen LogP contribution in [0.2, 0.25) is 0 Å². The number of nitrogens with zero attached hydrogens (tertiary/aromatic N) is 3. The van der Waals surface area contributed by atoms with E-state index in [2.05, 4.69) is 45.1 Å². The maximum Gasteiger partial charge on any atom is 0.289 e. The Morgan fingerprint density at radius 2 is 1.54 bits per heavy atom. The number of nitrogens with one attached hydrogen (secondary N) is 4. The van der Waals surface area contributed by atoms with Crippen molar-refractivity contribution in [3.8, 4) is 0 Å². The highest BCUT2D eigenvalue weighted by atomic mass is 16.2. The van der Waals surface area contributed by atoms with Gasteiger partial charge in [0.05, 0.1) is 12.2 Å². The Bertz CT molecular complexity index is 1430. The van der Waals surface area contributed by atoms with Crippen molar-refractivity contribution >= 4 is 35.3 Å². The number of hydrogen-bond donors (Lipinski definition) is 4. The van der Waals surface area contributed by atoms with Crippen LogP contribution in [0.4, 0.5) is 0 Å². The maximum absolute atomic E-state index is 14.6. The summed E-state index contributed by atoms with van der Waals surface area (Å²) in [5.41, 5.74) is -0.638. The Labute approximate surface area is 328 Å². The zero-order valence-electron chi connectivity index (χ0n) is 34.0. The minimum Gasteiger partial charge on any atom is -0.347 e. The first kappa shape index (κ1) is 44.5. The zero-order valence-corrected chi connectivity index (χ0v) is 34.0. The highest BCUT2D eigenvalue weighted by molar-refractivity contribution is 6.38. The van der Waals surface area contributed by atoms with Crippen LogP contribution >= 0.6 is 0 Å². The first-order chi connectivity index (χ1) is 25.8. The first-order valence-electron chi connectivity index (χ1n) is 20.6. The SMILES string of the molecule is CC.CCC.CCC[C@@H](NC(=O)[C@@H]1[C@H]2CCC[C@H]2CN1C(=O)[C@@H](NC(=O)[C@@H](NC(=O)c1cnccn1)C1CCCCC1)C(C)(C)C)C(=O)C(=O)NC1CC1.[HH].[HH].[HH].[HH]. The van der Waals surface area contributed by atoms with Crippen molar-refractivity contribution in [1.82, 2.24) is 36.1 Å². The van der Waals surface area contributed by atoms with Crippen LogP contribution in [-0.4, -0.2) is 86.9 Å². The van der Waals surface area contributed by atoms with Gasteiger partial charge in [-0.1, -0.05) is 93.9 Å². The standard InChI is InChI=1S/C36H53N7O6.C3H8.C2H6.4H2/c1-5-10-25(29(44)34(48)39-23-15-16-23)40-33(47)28-24-14-9-13-22(24)20-43(28)35(49)30(36(2,3)4)42-32(46)27(21-11-7-6-8-12-21)41-31(45)26-19-37-17-18-38-26;1-3-2;1-2;;;;/h17-19,21-25,27-28,30H,5-16,20H2,1-4H3,(H,39,48)(H,40,47)(H,41,45)(H,42,46);3H2,1-2H3;1-2H3;4*1H/t22-,24-,25+,27-,28-,30+;;;;;;/m0....../s1. The largest absolute Gasteiger partial charge is 0.347 e. The summed E-state index contributed by atoms with van der Waals surface area (Å²) in [4.78, 5) is 91.4. The van der Waals surface area contributed by atoms with Gasteiger partial charge in [0.25, 0.3) is 11.8 Å². The second kappa shape index (κ2) is 21.3. The third kappa shape index (κ3) is 12.1. The summed E-state index contributed by atoms with van der Waals surface area (Å²) in [5.74, 6) is -3.20. The second-order valence-corrected chi connectivity index (χ2v) is 16.2. The fourth-order valence-corrected chi connectivity index (χ4v) is 7.87. The first-order valence-corrected chi connectivity index (χ1v) is 20.6. The average molecular weight is 762 g/mol. The highest BCUT2D eigenvalue weighted by Crippen LogP contribution is 2.43. The fraction of sp³-hybridized carbons (Fsp3) is 0.756. The lowest BCUT2D eigenvalue weighted by molar-refractivity contribution is -0.146. The Kier molecular flexibility index (Phi) is 17.5. The molecule has 4 aliphatic rings. The summed E-state index contributed by atoms with van der Waals surface area (Å²) >= 11 is 0. The Morgan fingerprint density at radius 3 is 2.11 bits per heavy atom. The van der Waals surface area contributed by atoms with Crippen LogP contribution in [-0.2, 0) is 24.0 Å². The predicted molar refractivity (Wildman–Crippen MR) is 216 cm³/mol. The van der Waals surface area contributed by atoms with Crippen LogP contribution in [0.25, 0.3) is 0 Å². The van der Waals surface area contributed by atoms with Crippen molar-refractivity contribution in [3.63, 3.8) is 0 Å². The van der Waals surface area contributed by atoms with Crippen molar-refractivity contribution in [1.29, 1.82) is 0 Å². The summed E-state index contributed by atoms with van der Waals surface area (Å²) in [5, 5.41) is 11.5. The van der Waals surface area contributed by atoms with Crippen molar-refractivity contribution in [2.24, 2.45) is 23.2 Å². The van der Waals surface area contributed by atoms with Gasteiger partial charge in [0, 0.05) is 30.7 Å². The molecule has 5 amide bonds. The summed E-state index contributed by atoms with van der Waals surface area (Å²) in [6.07, 6.45) is 15.1. The van der Waals surface area contributed by atoms with Crippen LogP contribution in [0, 0.1) is 23.2 Å². The summed E-state index contributed by atoms with van der Waals surface area (Å²) < 4.78 is 0. The smallest absolute Gasteiger partial charge is 0.289 e. The van der Waals surface area contributed by atoms with Gasteiger partial charge in [0.2, 0.25) is 23.5 Å². The number of likely N-dealkylation sites (tertiary alicyclic amines) is 1. The third-order valence-electron chi connectivity index (χ3n) is 10.7. The van der Waals surface area contributed by atoms with Gasteiger partial charge in [-0.3, -0.25) is 33.8 Å². The molecule has 4 fully saturated rings. The van der Waals surface area contributed by atoms with Gasteiger partial charge >= 0.3 is 0 Å². The van der Waals surface area contributed by atoms with E-state index in [1.807, 2.05) is 41.5 Å². The molecule has 5 rings (SSSR count). The van der Waals surface area contributed by atoms with Gasteiger partial charge < -0.3 is 26.2 Å². The Balaban J connectivity index is 0. The molecule has 1 aliphatic heterocycles. The number of amides is 5. The molecule has 1 saturated heterocycles. The molecule has 54 heavy (non-hydrogen) atoms. The molecule has 0 spiro atoms. The molecule has 2 heterocycles. The van der Waals surface area contributed by atoms with Gasteiger partial charge in [-0.05, 0) is 68.1 Å². The van der Waals surface area contributed by atoms with E-state index in [1.54, 1.807) is 4.90 Å². The van der Waals surface area contributed by atoms with E-state index in [-0.39, 0.29) is 41.1 Å². The summed E-state index contributed by atoms with van der Waals surface area (Å²) in [6, 6.07) is -3.68. The number of aromatic nitrogens is 2. The molecule has 0 unspecified atom stereocenters. The molecule has 13 nitrogen and oxygen atoms in total. The molecule has 310 valence electrons. The molecule has 3 aliphatic carbocycles. The molecule has 3 saturated carbocycles. The van der Waals surface area contributed by atoms with E-state index in [1.165, 1.54) is 25.0 Å². The molecular weight excluding hydrogens is 686 g/mol. The predicted octanol–water partition coefficient (Wildman–Crippen LogP) is 5.87. The van der Waals surface area contributed by atoms with Gasteiger partial charge in [-0.2, -0.15) is 0 Å².